The van der Waals surface area contributed by atoms with Gasteiger partial charge in [0.05, 0.1) is 5.01 Å². The standard InChI is InChI=1S/C5H7NS.C3H9N.2C2H6.CH4/c1-2-5-6-3-4-7-5;1-4(2)3;2*1-2;/h3-4H,2H2,1H3;1-3H3;2*1-2H3;1H4. The van der Waals surface area contributed by atoms with Gasteiger partial charge in [0.1, 0.15) is 0 Å². The first kappa shape index (κ1) is 24.7. The highest BCUT2D eigenvalue weighted by molar-refractivity contribution is 7.09. The summed E-state index contributed by atoms with van der Waals surface area (Å²) in [6.07, 6.45) is 2.90. The molecule has 0 unspecified atom stereocenters. The summed E-state index contributed by atoms with van der Waals surface area (Å²) >= 11 is 1.71. The first-order valence-electron chi connectivity index (χ1n) is 5.66. The minimum absolute atomic E-state index is 0. The van der Waals surface area contributed by atoms with Crippen molar-refractivity contribution >= 4 is 11.3 Å². The quantitative estimate of drug-likeness (QED) is 0.723. The molecule has 0 N–H and O–H groups in total. The first-order valence-corrected chi connectivity index (χ1v) is 6.54. The first-order chi connectivity index (χ1) is 7.16. The summed E-state index contributed by atoms with van der Waals surface area (Å²) in [6, 6.07) is 0. The molecule has 1 aromatic heterocycles. The van der Waals surface area contributed by atoms with E-state index in [-0.39, 0.29) is 7.43 Å². The Kier molecular flexibility index (Phi) is 37.1. The molecule has 0 spiro atoms. The van der Waals surface area contributed by atoms with Crippen LogP contribution in [0.5, 0.6) is 0 Å². The summed E-state index contributed by atoms with van der Waals surface area (Å²) in [6.45, 7) is 10.1. The average Bonchev–Trinajstić information content (AvgIpc) is 2.75. The molecule has 1 heterocycles. The maximum atomic E-state index is 4.05. The molecule has 3 heteroatoms. The maximum absolute atomic E-state index is 4.05. The lowest BCUT2D eigenvalue weighted by molar-refractivity contribution is 0.505. The molecule has 0 aliphatic carbocycles. The summed E-state index contributed by atoms with van der Waals surface area (Å²) in [5.41, 5.74) is 0. The van der Waals surface area contributed by atoms with Crippen LogP contribution in [0.2, 0.25) is 0 Å². The second kappa shape index (κ2) is 24.0. The Labute approximate surface area is 108 Å². The van der Waals surface area contributed by atoms with Gasteiger partial charge in [0.15, 0.2) is 0 Å². The van der Waals surface area contributed by atoms with Gasteiger partial charge in [-0.05, 0) is 27.6 Å². The Morgan fingerprint density at radius 1 is 1.12 bits per heavy atom. The SMILES string of the molecule is C.CC.CC.CCc1nccs1.CN(C)C. The predicted octanol–water partition coefficient (Wildman–Crippen LogP) is 4.57. The van der Waals surface area contributed by atoms with Crippen LogP contribution in [0.25, 0.3) is 0 Å². The monoisotopic (exact) mass is 248 g/mol. The van der Waals surface area contributed by atoms with Gasteiger partial charge in [-0.2, -0.15) is 0 Å². The second-order valence-electron chi connectivity index (χ2n) is 2.62. The van der Waals surface area contributed by atoms with Crippen molar-refractivity contribution in [3.05, 3.63) is 16.6 Å². The van der Waals surface area contributed by atoms with Gasteiger partial charge in [0.2, 0.25) is 0 Å². The van der Waals surface area contributed by atoms with Crippen molar-refractivity contribution in [2.45, 2.75) is 48.5 Å². The number of hydrogen-bond donors (Lipinski definition) is 0. The van der Waals surface area contributed by atoms with E-state index >= 15 is 0 Å². The summed E-state index contributed by atoms with van der Waals surface area (Å²) in [7, 11) is 6.00. The molecule has 0 aliphatic heterocycles. The Morgan fingerprint density at radius 3 is 1.62 bits per heavy atom. The van der Waals surface area contributed by atoms with Gasteiger partial charge in [0.25, 0.3) is 0 Å². The van der Waals surface area contributed by atoms with Gasteiger partial charge >= 0.3 is 0 Å². The van der Waals surface area contributed by atoms with E-state index in [9.17, 15) is 0 Å². The molecular formula is C13H32N2S. The van der Waals surface area contributed by atoms with Crippen LogP contribution >= 0.6 is 11.3 Å². The fraction of sp³-hybridized carbons (Fsp3) is 0.769. The molecule has 2 nitrogen and oxygen atoms in total. The van der Waals surface area contributed by atoms with E-state index in [0.29, 0.717) is 0 Å². The highest BCUT2D eigenvalue weighted by Gasteiger charge is 1.84. The van der Waals surface area contributed by atoms with Crippen molar-refractivity contribution in [2.75, 3.05) is 21.1 Å². The van der Waals surface area contributed by atoms with E-state index in [0.717, 1.165) is 6.42 Å². The van der Waals surface area contributed by atoms with Gasteiger partial charge in [-0.1, -0.05) is 42.0 Å². The van der Waals surface area contributed by atoms with Crippen LogP contribution in [0.15, 0.2) is 11.6 Å². The van der Waals surface area contributed by atoms with Gasteiger partial charge in [-0.3, -0.25) is 0 Å². The summed E-state index contributed by atoms with van der Waals surface area (Å²) in [5, 5.41) is 3.22. The van der Waals surface area contributed by atoms with Gasteiger partial charge in [-0.15, -0.1) is 11.3 Å². The fourth-order valence-electron chi connectivity index (χ4n) is 0.428. The van der Waals surface area contributed by atoms with Crippen LogP contribution in [0.3, 0.4) is 0 Å². The zero-order valence-corrected chi connectivity index (χ0v) is 12.5. The highest BCUT2D eigenvalue weighted by Crippen LogP contribution is 2.02. The van der Waals surface area contributed by atoms with Crippen LogP contribution in [-0.2, 0) is 6.42 Å². The Bertz CT molecular complexity index is 158. The largest absolute Gasteiger partial charge is 0.312 e. The van der Waals surface area contributed by atoms with Crippen molar-refractivity contribution in [1.29, 1.82) is 0 Å². The number of rotatable bonds is 1. The molecule has 1 rings (SSSR count). The van der Waals surface area contributed by atoms with Crippen LogP contribution in [-0.4, -0.2) is 31.0 Å². The van der Waals surface area contributed by atoms with Crippen molar-refractivity contribution < 1.29 is 0 Å². The molecule has 0 atom stereocenters. The molecule has 0 bridgehead atoms. The van der Waals surface area contributed by atoms with Crippen molar-refractivity contribution in [3.63, 3.8) is 0 Å². The molecule has 0 fully saturated rings. The lowest BCUT2D eigenvalue weighted by Crippen LogP contribution is -1.99. The van der Waals surface area contributed by atoms with Crippen molar-refractivity contribution in [1.82, 2.24) is 9.88 Å². The molecule has 1 aromatic rings. The molecule has 100 valence electrons. The van der Waals surface area contributed by atoms with Crippen LogP contribution < -0.4 is 0 Å². The lowest BCUT2D eigenvalue weighted by Gasteiger charge is -1.90. The highest BCUT2D eigenvalue weighted by atomic mass is 32.1. The van der Waals surface area contributed by atoms with Crippen molar-refractivity contribution in [2.24, 2.45) is 0 Å². The van der Waals surface area contributed by atoms with Crippen LogP contribution in [0, 0.1) is 0 Å². The molecule has 0 saturated carbocycles. The van der Waals surface area contributed by atoms with E-state index < -0.39 is 0 Å². The molecule has 0 amide bonds. The van der Waals surface area contributed by atoms with Gasteiger partial charge in [0, 0.05) is 11.6 Å². The zero-order valence-electron chi connectivity index (χ0n) is 11.7. The summed E-state index contributed by atoms with van der Waals surface area (Å²) in [5.74, 6) is 0. The third-order valence-electron chi connectivity index (χ3n) is 0.786. The number of hydrogen-bond acceptors (Lipinski definition) is 3. The van der Waals surface area contributed by atoms with Crippen LogP contribution in [0.1, 0.15) is 47.1 Å². The maximum Gasteiger partial charge on any atom is 0.0922 e. The fourth-order valence-corrected chi connectivity index (χ4v) is 0.995. The van der Waals surface area contributed by atoms with E-state index in [1.54, 1.807) is 11.3 Å². The number of aromatic nitrogens is 1. The molecule has 16 heavy (non-hydrogen) atoms. The normalized spacial score (nSPS) is 7.06. The Balaban J connectivity index is -0.0000000702. The van der Waals surface area contributed by atoms with E-state index in [4.69, 9.17) is 0 Å². The molecule has 0 saturated heterocycles. The minimum Gasteiger partial charge on any atom is -0.312 e. The summed E-state index contributed by atoms with van der Waals surface area (Å²) in [4.78, 5) is 6.05. The summed E-state index contributed by atoms with van der Waals surface area (Å²) < 4.78 is 0. The molecule has 0 radical (unpaired) electrons. The third-order valence-corrected chi connectivity index (χ3v) is 1.71. The van der Waals surface area contributed by atoms with Crippen LogP contribution in [0.4, 0.5) is 0 Å². The van der Waals surface area contributed by atoms with E-state index in [2.05, 4.69) is 11.9 Å². The van der Waals surface area contributed by atoms with Crippen molar-refractivity contribution in [3.8, 4) is 0 Å². The number of thiazole rings is 1. The van der Waals surface area contributed by atoms with E-state index in [1.165, 1.54) is 5.01 Å². The Morgan fingerprint density at radius 2 is 1.50 bits per heavy atom. The molecular weight excluding hydrogens is 216 g/mol. The Hall–Kier alpha value is -0.410. The topological polar surface area (TPSA) is 16.1 Å². The van der Waals surface area contributed by atoms with E-state index in [1.807, 2.05) is 65.3 Å². The smallest absolute Gasteiger partial charge is 0.0922 e. The predicted molar refractivity (Wildman–Crippen MR) is 80.5 cm³/mol. The van der Waals surface area contributed by atoms with Gasteiger partial charge < -0.3 is 4.90 Å². The molecule has 0 aromatic carbocycles. The average molecular weight is 248 g/mol. The lowest BCUT2D eigenvalue weighted by atomic mass is 10.5. The molecule has 0 aliphatic rings. The number of nitrogens with zero attached hydrogens (tertiary/aromatic N) is 2. The second-order valence-corrected chi connectivity index (χ2v) is 3.60. The van der Waals surface area contributed by atoms with Gasteiger partial charge in [-0.25, -0.2) is 4.98 Å². The zero-order chi connectivity index (χ0) is 12.7. The number of aryl methyl sites for hydroxylation is 1. The minimum atomic E-state index is 0. The third kappa shape index (κ3) is 29.2.